The van der Waals surface area contributed by atoms with Crippen molar-refractivity contribution in [2.45, 2.75) is 45.1 Å². The van der Waals surface area contributed by atoms with E-state index in [1.54, 1.807) is 0 Å². The molecule has 21 heavy (non-hydrogen) atoms. The molecule has 0 aromatic carbocycles. The van der Waals surface area contributed by atoms with Gasteiger partial charge < -0.3 is 10.4 Å². The summed E-state index contributed by atoms with van der Waals surface area (Å²) in [6, 6.07) is 3.04. The Hall–Kier alpha value is -0.840. The van der Waals surface area contributed by atoms with Gasteiger partial charge in [0, 0.05) is 6.54 Å². The predicted molar refractivity (Wildman–Crippen MR) is 83.8 cm³/mol. The maximum atomic E-state index is 12.1. The number of rotatable bonds is 3. The van der Waals surface area contributed by atoms with Crippen molar-refractivity contribution in [3.8, 4) is 0 Å². The van der Waals surface area contributed by atoms with Crippen LogP contribution in [0.3, 0.4) is 0 Å². The zero-order valence-corrected chi connectivity index (χ0v) is 13.8. The van der Waals surface area contributed by atoms with Gasteiger partial charge in [0.1, 0.15) is 10.3 Å². The fraction of sp³-hybridized carbons (Fsp3) is 0.600. The summed E-state index contributed by atoms with van der Waals surface area (Å²) < 4.78 is 0. The molecule has 0 spiro atoms. The number of halogens is 2. The normalized spacial score (nSPS) is 20.0. The molecule has 1 saturated carbocycles. The third kappa shape index (κ3) is 4.31. The summed E-state index contributed by atoms with van der Waals surface area (Å²) in [4.78, 5) is 15.9. The summed E-state index contributed by atoms with van der Waals surface area (Å²) in [5.74, 6) is -0.345. The second-order valence-corrected chi connectivity index (χ2v) is 7.29. The number of aromatic nitrogens is 1. The number of pyridine rings is 1. The highest BCUT2D eigenvalue weighted by molar-refractivity contribution is 6.34. The average molecular weight is 331 g/mol. The predicted octanol–water partition coefficient (Wildman–Crippen LogP) is 3.45. The van der Waals surface area contributed by atoms with Crippen molar-refractivity contribution in [1.29, 1.82) is 0 Å². The fourth-order valence-corrected chi connectivity index (χ4v) is 2.92. The van der Waals surface area contributed by atoms with Crippen LogP contribution >= 0.6 is 23.2 Å². The molecule has 1 aliphatic carbocycles. The first kappa shape index (κ1) is 16.5. The summed E-state index contributed by atoms with van der Waals surface area (Å²) in [6.45, 7) is 4.62. The summed E-state index contributed by atoms with van der Waals surface area (Å²) >= 11 is 11.6. The topological polar surface area (TPSA) is 62.2 Å². The van der Waals surface area contributed by atoms with E-state index < -0.39 is 5.60 Å². The van der Waals surface area contributed by atoms with Crippen molar-refractivity contribution < 1.29 is 9.90 Å². The van der Waals surface area contributed by atoms with Crippen molar-refractivity contribution in [1.82, 2.24) is 10.3 Å². The minimum absolute atomic E-state index is 0.0665. The third-order valence-electron chi connectivity index (χ3n) is 4.17. The highest BCUT2D eigenvalue weighted by Crippen LogP contribution is 2.39. The molecule has 1 heterocycles. The highest BCUT2D eigenvalue weighted by Gasteiger charge is 2.36. The largest absolute Gasteiger partial charge is 0.388 e. The van der Waals surface area contributed by atoms with Crippen LogP contribution in [0.2, 0.25) is 10.3 Å². The van der Waals surface area contributed by atoms with Gasteiger partial charge in [-0.25, -0.2) is 4.98 Å². The minimum Gasteiger partial charge on any atom is -0.388 e. The molecule has 2 N–H and O–H groups in total. The summed E-state index contributed by atoms with van der Waals surface area (Å²) in [6.07, 6.45) is 3.27. The van der Waals surface area contributed by atoms with E-state index in [1.165, 1.54) is 12.1 Å². The maximum Gasteiger partial charge on any atom is 0.254 e. The first-order valence-electron chi connectivity index (χ1n) is 7.03. The molecule has 1 amide bonds. The number of nitrogens with zero attached hydrogens (tertiary/aromatic N) is 1. The Labute approximate surface area is 134 Å². The monoisotopic (exact) mass is 330 g/mol. The van der Waals surface area contributed by atoms with Crippen LogP contribution in [-0.2, 0) is 0 Å². The summed E-state index contributed by atoms with van der Waals surface area (Å²) in [5.41, 5.74) is -0.308. The van der Waals surface area contributed by atoms with Gasteiger partial charge >= 0.3 is 0 Å². The van der Waals surface area contributed by atoms with E-state index in [0.717, 1.165) is 12.8 Å². The molecular weight excluding hydrogens is 311 g/mol. The van der Waals surface area contributed by atoms with Gasteiger partial charge in [0.2, 0.25) is 0 Å². The Bertz CT molecular complexity index is 536. The Morgan fingerprint density at radius 1 is 1.29 bits per heavy atom. The molecule has 0 unspecified atom stereocenters. The van der Waals surface area contributed by atoms with Crippen molar-refractivity contribution in [2.75, 3.05) is 6.54 Å². The summed E-state index contributed by atoms with van der Waals surface area (Å²) in [5, 5.41) is 13.6. The van der Waals surface area contributed by atoms with Gasteiger partial charge in [0.15, 0.2) is 0 Å². The Morgan fingerprint density at radius 2 is 1.90 bits per heavy atom. The zero-order chi connectivity index (χ0) is 15.7. The van der Waals surface area contributed by atoms with E-state index in [0.29, 0.717) is 12.8 Å². The molecule has 0 bridgehead atoms. The van der Waals surface area contributed by atoms with Gasteiger partial charge in [-0.15, -0.1) is 0 Å². The number of hydrogen-bond acceptors (Lipinski definition) is 3. The zero-order valence-electron chi connectivity index (χ0n) is 12.2. The molecule has 2 rings (SSSR count). The van der Waals surface area contributed by atoms with Crippen LogP contribution in [0, 0.1) is 5.41 Å². The van der Waals surface area contributed by atoms with Crippen LogP contribution in [0.4, 0.5) is 0 Å². The molecule has 6 heteroatoms. The smallest absolute Gasteiger partial charge is 0.254 e. The van der Waals surface area contributed by atoms with Crippen LogP contribution in [0.25, 0.3) is 0 Å². The van der Waals surface area contributed by atoms with Gasteiger partial charge in [-0.1, -0.05) is 37.0 Å². The molecule has 1 aliphatic rings. The first-order chi connectivity index (χ1) is 9.71. The van der Waals surface area contributed by atoms with Crippen LogP contribution in [0.15, 0.2) is 12.1 Å². The van der Waals surface area contributed by atoms with Crippen molar-refractivity contribution in [2.24, 2.45) is 5.41 Å². The molecule has 0 radical (unpaired) electrons. The second kappa shape index (κ2) is 6.11. The Balaban J connectivity index is 1.95. The molecule has 1 aromatic heterocycles. The van der Waals surface area contributed by atoms with Crippen LogP contribution in [0.5, 0.6) is 0 Å². The van der Waals surface area contributed by atoms with E-state index in [-0.39, 0.29) is 33.7 Å². The van der Waals surface area contributed by atoms with Gasteiger partial charge in [0.05, 0.1) is 11.2 Å². The number of carbonyl (C=O) groups is 1. The molecule has 0 aliphatic heterocycles. The molecule has 1 fully saturated rings. The van der Waals surface area contributed by atoms with Crippen LogP contribution in [-0.4, -0.2) is 28.1 Å². The van der Waals surface area contributed by atoms with Gasteiger partial charge in [-0.05, 0) is 43.2 Å². The molecular formula is C15H20Cl2N2O2. The standard InChI is InChI=1S/C15H20Cl2N2O2/c1-14(2)5-7-15(21,8-6-14)9-18-13(20)10-3-4-11(16)19-12(10)17/h3-4,21H,5-9H2,1-2H3,(H,18,20). The molecule has 4 nitrogen and oxygen atoms in total. The molecule has 0 saturated heterocycles. The van der Waals surface area contributed by atoms with Gasteiger partial charge in [-0.2, -0.15) is 0 Å². The highest BCUT2D eigenvalue weighted by atomic mass is 35.5. The van der Waals surface area contributed by atoms with E-state index in [1.807, 2.05) is 0 Å². The van der Waals surface area contributed by atoms with E-state index in [4.69, 9.17) is 23.2 Å². The lowest BCUT2D eigenvalue weighted by atomic mass is 9.71. The maximum absolute atomic E-state index is 12.1. The quantitative estimate of drug-likeness (QED) is 0.834. The molecule has 1 aromatic rings. The minimum atomic E-state index is -0.836. The van der Waals surface area contributed by atoms with Crippen molar-refractivity contribution in [3.05, 3.63) is 28.0 Å². The lowest BCUT2D eigenvalue weighted by Crippen LogP contribution is -2.46. The number of amides is 1. The second-order valence-electron chi connectivity index (χ2n) is 6.54. The number of aliphatic hydroxyl groups is 1. The van der Waals surface area contributed by atoms with Crippen molar-refractivity contribution in [3.63, 3.8) is 0 Å². The Morgan fingerprint density at radius 3 is 2.48 bits per heavy atom. The van der Waals surface area contributed by atoms with E-state index >= 15 is 0 Å². The summed E-state index contributed by atoms with van der Waals surface area (Å²) in [7, 11) is 0. The number of hydrogen-bond donors (Lipinski definition) is 2. The fourth-order valence-electron chi connectivity index (χ4n) is 2.49. The van der Waals surface area contributed by atoms with E-state index in [9.17, 15) is 9.90 Å². The lowest BCUT2D eigenvalue weighted by Gasteiger charge is -2.40. The number of nitrogens with one attached hydrogen (secondary N) is 1. The molecule has 116 valence electrons. The van der Waals surface area contributed by atoms with Crippen molar-refractivity contribution >= 4 is 29.1 Å². The average Bonchev–Trinajstić information content (AvgIpc) is 2.40. The van der Waals surface area contributed by atoms with Gasteiger partial charge in [0.25, 0.3) is 5.91 Å². The lowest BCUT2D eigenvalue weighted by molar-refractivity contribution is -0.0233. The SMILES string of the molecule is CC1(C)CCC(O)(CNC(=O)c2ccc(Cl)nc2Cl)CC1. The molecule has 0 atom stereocenters. The third-order valence-corrected chi connectivity index (χ3v) is 4.67. The van der Waals surface area contributed by atoms with Crippen LogP contribution < -0.4 is 5.32 Å². The first-order valence-corrected chi connectivity index (χ1v) is 7.79. The van der Waals surface area contributed by atoms with Gasteiger partial charge in [-0.3, -0.25) is 4.79 Å². The number of carbonyl (C=O) groups excluding carboxylic acids is 1. The van der Waals surface area contributed by atoms with Crippen LogP contribution in [0.1, 0.15) is 49.9 Å². The van der Waals surface area contributed by atoms with E-state index in [2.05, 4.69) is 24.1 Å². The Kier molecular flexibility index (Phi) is 4.81.